The smallest absolute Gasteiger partial charge is 0.272 e. The Morgan fingerprint density at radius 3 is 2.50 bits per heavy atom. The summed E-state index contributed by atoms with van der Waals surface area (Å²) >= 11 is 0. The van der Waals surface area contributed by atoms with Crippen LogP contribution in [-0.2, 0) is 12.8 Å². The zero-order valence-electron chi connectivity index (χ0n) is 17.4. The minimum Gasteiger partial charge on any atom is -0.349 e. The molecule has 1 fully saturated rings. The molecule has 150 valence electrons. The molecular weight excluding hydrogens is 348 g/mol. The van der Waals surface area contributed by atoms with E-state index in [2.05, 4.69) is 55.3 Å². The van der Waals surface area contributed by atoms with Crippen molar-refractivity contribution in [3.8, 4) is 5.69 Å². The summed E-state index contributed by atoms with van der Waals surface area (Å²) in [4.78, 5) is 15.5. The maximum Gasteiger partial charge on any atom is 0.272 e. The van der Waals surface area contributed by atoms with Gasteiger partial charge in [-0.3, -0.25) is 9.69 Å². The third-order valence-electron chi connectivity index (χ3n) is 6.32. The summed E-state index contributed by atoms with van der Waals surface area (Å²) in [6, 6.07) is 8.36. The summed E-state index contributed by atoms with van der Waals surface area (Å²) in [5, 5.41) is 7.92. The van der Waals surface area contributed by atoms with Crippen LogP contribution in [0.5, 0.6) is 0 Å². The lowest BCUT2D eigenvalue weighted by Gasteiger charge is -2.41. The highest BCUT2D eigenvalue weighted by Crippen LogP contribution is 2.28. The average Bonchev–Trinajstić information content (AvgIpc) is 3.30. The van der Waals surface area contributed by atoms with Gasteiger partial charge in [0, 0.05) is 23.3 Å². The Morgan fingerprint density at radius 2 is 1.79 bits per heavy atom. The fraction of sp³-hybridized carbons (Fsp3) is 0.565. The van der Waals surface area contributed by atoms with Crippen molar-refractivity contribution < 1.29 is 4.79 Å². The number of hydrogen-bond acceptors (Lipinski definition) is 3. The Kier molecular flexibility index (Phi) is 5.28. The van der Waals surface area contributed by atoms with Crippen LogP contribution in [0, 0.1) is 6.92 Å². The van der Waals surface area contributed by atoms with Gasteiger partial charge in [-0.25, -0.2) is 4.68 Å². The van der Waals surface area contributed by atoms with Gasteiger partial charge >= 0.3 is 0 Å². The molecule has 28 heavy (non-hydrogen) atoms. The molecule has 2 aliphatic rings. The number of piperidine rings is 1. The zero-order chi connectivity index (χ0) is 19.7. The van der Waals surface area contributed by atoms with Gasteiger partial charge in [0.15, 0.2) is 5.69 Å². The standard InChI is InChI=1S/C23H32N4O/c1-17-10-12-18(13-11-17)27-20-9-7-8-19(20)21(25-27)22(28)24-16-23(2,3)26-14-5-4-6-15-26/h10-13H,4-9,14-16H2,1-3H3,(H,24,28). The van der Waals surface area contributed by atoms with Crippen molar-refractivity contribution in [2.45, 2.75) is 64.8 Å². The summed E-state index contributed by atoms with van der Waals surface area (Å²) in [5.74, 6) is -0.0332. The molecule has 0 bridgehead atoms. The van der Waals surface area contributed by atoms with Crippen LogP contribution in [0.25, 0.3) is 5.69 Å². The molecule has 2 heterocycles. The quantitative estimate of drug-likeness (QED) is 0.861. The van der Waals surface area contributed by atoms with Crippen LogP contribution >= 0.6 is 0 Å². The minimum absolute atomic E-state index is 0.0290. The molecule has 1 aliphatic heterocycles. The van der Waals surface area contributed by atoms with E-state index in [4.69, 9.17) is 5.10 Å². The number of likely N-dealkylation sites (tertiary alicyclic amines) is 1. The number of carbonyl (C=O) groups excluding carboxylic acids is 1. The largest absolute Gasteiger partial charge is 0.349 e. The highest BCUT2D eigenvalue weighted by Gasteiger charge is 2.31. The molecule has 2 aromatic rings. The number of nitrogens with one attached hydrogen (secondary N) is 1. The molecular formula is C23H32N4O. The van der Waals surface area contributed by atoms with Crippen LogP contribution in [-0.4, -0.2) is 45.8 Å². The summed E-state index contributed by atoms with van der Waals surface area (Å²) in [7, 11) is 0. The van der Waals surface area contributed by atoms with Crippen LogP contribution in [0.3, 0.4) is 0 Å². The molecule has 1 aromatic carbocycles. The van der Waals surface area contributed by atoms with Crippen LogP contribution in [0.15, 0.2) is 24.3 Å². The van der Waals surface area contributed by atoms with E-state index in [1.54, 1.807) is 0 Å². The SMILES string of the molecule is Cc1ccc(-n2nc(C(=O)NCC(C)(C)N3CCCCC3)c3c2CCC3)cc1. The Hall–Kier alpha value is -2.14. The van der Waals surface area contributed by atoms with E-state index >= 15 is 0 Å². The van der Waals surface area contributed by atoms with Crippen molar-refractivity contribution in [1.29, 1.82) is 0 Å². The lowest BCUT2D eigenvalue weighted by molar-refractivity contribution is 0.0793. The van der Waals surface area contributed by atoms with E-state index in [1.165, 1.54) is 30.5 Å². The average molecular weight is 381 g/mol. The van der Waals surface area contributed by atoms with Crippen molar-refractivity contribution in [3.63, 3.8) is 0 Å². The van der Waals surface area contributed by atoms with Crippen molar-refractivity contribution >= 4 is 5.91 Å². The fourth-order valence-electron chi connectivity index (χ4n) is 4.51. The van der Waals surface area contributed by atoms with Crippen molar-refractivity contribution in [3.05, 3.63) is 46.8 Å². The third-order valence-corrected chi connectivity index (χ3v) is 6.32. The van der Waals surface area contributed by atoms with Crippen molar-refractivity contribution in [2.75, 3.05) is 19.6 Å². The van der Waals surface area contributed by atoms with Crippen LogP contribution < -0.4 is 5.32 Å². The van der Waals surface area contributed by atoms with Gasteiger partial charge in [0.2, 0.25) is 0 Å². The number of fused-ring (bicyclic) bond motifs is 1. The summed E-state index contributed by atoms with van der Waals surface area (Å²) in [6.07, 6.45) is 6.86. The summed E-state index contributed by atoms with van der Waals surface area (Å²) < 4.78 is 1.98. The van der Waals surface area contributed by atoms with Gasteiger partial charge in [-0.1, -0.05) is 24.1 Å². The zero-order valence-corrected chi connectivity index (χ0v) is 17.4. The highest BCUT2D eigenvalue weighted by molar-refractivity contribution is 5.94. The molecule has 1 N–H and O–H groups in total. The van der Waals surface area contributed by atoms with E-state index in [0.29, 0.717) is 12.2 Å². The van der Waals surface area contributed by atoms with Crippen LogP contribution in [0.2, 0.25) is 0 Å². The van der Waals surface area contributed by atoms with Crippen LogP contribution in [0.4, 0.5) is 0 Å². The summed E-state index contributed by atoms with van der Waals surface area (Å²) in [6.45, 7) is 9.45. The number of benzene rings is 1. The molecule has 4 rings (SSSR count). The Balaban J connectivity index is 1.52. The van der Waals surface area contributed by atoms with Gasteiger partial charge in [0.1, 0.15) is 0 Å². The first-order valence-corrected chi connectivity index (χ1v) is 10.7. The topological polar surface area (TPSA) is 50.2 Å². The lowest BCUT2D eigenvalue weighted by atomic mass is 9.98. The number of carbonyl (C=O) groups is 1. The highest BCUT2D eigenvalue weighted by atomic mass is 16.2. The Morgan fingerprint density at radius 1 is 1.07 bits per heavy atom. The minimum atomic E-state index is -0.0332. The number of aryl methyl sites for hydroxylation is 1. The fourth-order valence-corrected chi connectivity index (χ4v) is 4.51. The molecule has 1 aromatic heterocycles. The predicted octanol–water partition coefficient (Wildman–Crippen LogP) is 3.66. The van der Waals surface area contributed by atoms with Gasteiger partial charge in [-0.05, 0) is 78.1 Å². The second kappa shape index (κ2) is 7.70. The molecule has 0 radical (unpaired) electrons. The molecule has 5 nitrogen and oxygen atoms in total. The molecule has 5 heteroatoms. The van der Waals surface area contributed by atoms with Gasteiger partial charge in [0.05, 0.1) is 5.69 Å². The number of nitrogens with zero attached hydrogens (tertiary/aromatic N) is 3. The molecule has 0 atom stereocenters. The first kappa shape index (κ1) is 19.2. The first-order chi connectivity index (χ1) is 13.5. The normalized spacial score (nSPS) is 17.5. The van der Waals surface area contributed by atoms with E-state index in [0.717, 1.165) is 43.6 Å². The van der Waals surface area contributed by atoms with Crippen LogP contribution in [0.1, 0.15) is 66.8 Å². The Bertz CT molecular complexity index is 844. The molecule has 1 saturated heterocycles. The second-order valence-electron chi connectivity index (χ2n) is 8.92. The lowest BCUT2D eigenvalue weighted by Crippen LogP contribution is -2.53. The summed E-state index contributed by atoms with van der Waals surface area (Å²) in [5.41, 5.74) is 5.18. The van der Waals surface area contributed by atoms with Crippen molar-refractivity contribution in [1.82, 2.24) is 20.0 Å². The van der Waals surface area contributed by atoms with E-state index in [9.17, 15) is 4.79 Å². The monoisotopic (exact) mass is 380 g/mol. The van der Waals surface area contributed by atoms with Gasteiger partial charge < -0.3 is 5.32 Å². The number of amides is 1. The second-order valence-corrected chi connectivity index (χ2v) is 8.92. The third kappa shape index (κ3) is 3.72. The maximum atomic E-state index is 13.0. The molecule has 1 amide bonds. The van der Waals surface area contributed by atoms with Gasteiger partial charge in [-0.15, -0.1) is 0 Å². The van der Waals surface area contributed by atoms with E-state index in [1.807, 2.05) is 4.68 Å². The Labute approximate surface area is 168 Å². The molecule has 1 aliphatic carbocycles. The first-order valence-electron chi connectivity index (χ1n) is 10.7. The van der Waals surface area contributed by atoms with E-state index < -0.39 is 0 Å². The number of hydrogen-bond donors (Lipinski definition) is 1. The van der Waals surface area contributed by atoms with Gasteiger partial charge in [-0.2, -0.15) is 5.10 Å². The van der Waals surface area contributed by atoms with Crippen molar-refractivity contribution in [2.24, 2.45) is 0 Å². The number of rotatable bonds is 5. The van der Waals surface area contributed by atoms with Gasteiger partial charge in [0.25, 0.3) is 5.91 Å². The number of aromatic nitrogens is 2. The molecule has 0 saturated carbocycles. The molecule has 0 spiro atoms. The van der Waals surface area contributed by atoms with E-state index in [-0.39, 0.29) is 11.4 Å². The predicted molar refractivity (Wildman–Crippen MR) is 112 cm³/mol. The molecule has 0 unspecified atom stereocenters. The maximum absolute atomic E-state index is 13.0.